The number of hydrogen-bond donors (Lipinski definition) is 0. The van der Waals surface area contributed by atoms with E-state index >= 15 is 0 Å². The third-order valence-electron chi connectivity index (χ3n) is 4.28. The molecule has 0 fully saturated rings. The van der Waals surface area contributed by atoms with E-state index in [4.69, 9.17) is 0 Å². The summed E-state index contributed by atoms with van der Waals surface area (Å²) in [5.74, 6) is 0. The highest BCUT2D eigenvalue weighted by atomic mass is 19.4. The predicted molar refractivity (Wildman–Crippen MR) is 95.4 cm³/mol. The van der Waals surface area contributed by atoms with Crippen LogP contribution < -0.4 is 5.56 Å². The van der Waals surface area contributed by atoms with Gasteiger partial charge in [0.25, 0.3) is 5.56 Å². The average Bonchev–Trinajstić information content (AvgIpc) is 3.10. The van der Waals surface area contributed by atoms with Crippen molar-refractivity contribution < 1.29 is 13.2 Å². The molecule has 0 bridgehead atoms. The summed E-state index contributed by atoms with van der Waals surface area (Å²) in [7, 11) is 0. The van der Waals surface area contributed by atoms with Gasteiger partial charge < -0.3 is 4.57 Å². The van der Waals surface area contributed by atoms with E-state index in [1.807, 2.05) is 30.3 Å². The van der Waals surface area contributed by atoms with Crippen molar-refractivity contribution in [3.63, 3.8) is 0 Å². The van der Waals surface area contributed by atoms with Gasteiger partial charge in [-0.1, -0.05) is 42.5 Å². The second-order valence-electron chi connectivity index (χ2n) is 6.15. The molecular formula is C20H14F3N3O. The molecule has 0 N–H and O–H groups in total. The fourth-order valence-electron chi connectivity index (χ4n) is 2.94. The fraction of sp³-hybridized carbons (Fsp3) is 0.100. The van der Waals surface area contributed by atoms with Gasteiger partial charge >= 0.3 is 6.18 Å². The van der Waals surface area contributed by atoms with Gasteiger partial charge in [0.15, 0.2) is 0 Å². The van der Waals surface area contributed by atoms with Gasteiger partial charge in [0.1, 0.15) is 5.52 Å². The molecule has 27 heavy (non-hydrogen) atoms. The highest BCUT2D eigenvalue weighted by molar-refractivity contribution is 5.65. The Bertz CT molecular complexity index is 1160. The number of halogens is 3. The second-order valence-corrected chi connectivity index (χ2v) is 6.15. The SMILES string of the molecule is O=c1c2cc(-c3ccccc3)nn2ccn1Cc1cccc(C(F)(F)F)c1. The van der Waals surface area contributed by atoms with Crippen LogP contribution in [0.5, 0.6) is 0 Å². The van der Waals surface area contributed by atoms with Crippen molar-refractivity contribution in [2.45, 2.75) is 12.7 Å². The minimum absolute atomic E-state index is 0.0467. The van der Waals surface area contributed by atoms with E-state index in [9.17, 15) is 18.0 Å². The molecule has 0 aliphatic carbocycles. The lowest BCUT2D eigenvalue weighted by molar-refractivity contribution is -0.137. The van der Waals surface area contributed by atoms with Crippen molar-refractivity contribution in [3.8, 4) is 11.3 Å². The number of fused-ring (bicyclic) bond motifs is 1. The van der Waals surface area contributed by atoms with Gasteiger partial charge in [-0.2, -0.15) is 18.3 Å². The van der Waals surface area contributed by atoms with Gasteiger partial charge in [-0.15, -0.1) is 0 Å². The van der Waals surface area contributed by atoms with Crippen molar-refractivity contribution >= 4 is 5.52 Å². The summed E-state index contributed by atoms with van der Waals surface area (Å²) in [5.41, 5.74) is 1.26. The van der Waals surface area contributed by atoms with E-state index in [1.54, 1.807) is 18.3 Å². The molecule has 0 radical (unpaired) electrons. The highest BCUT2D eigenvalue weighted by Gasteiger charge is 2.30. The monoisotopic (exact) mass is 369 g/mol. The van der Waals surface area contributed by atoms with E-state index in [1.165, 1.54) is 21.3 Å². The van der Waals surface area contributed by atoms with E-state index in [2.05, 4.69) is 5.10 Å². The van der Waals surface area contributed by atoms with Gasteiger partial charge in [0.05, 0.1) is 17.8 Å². The zero-order valence-electron chi connectivity index (χ0n) is 14.0. The zero-order chi connectivity index (χ0) is 19.0. The summed E-state index contributed by atoms with van der Waals surface area (Å²) >= 11 is 0. The maximum absolute atomic E-state index is 12.9. The third kappa shape index (κ3) is 3.36. The van der Waals surface area contributed by atoms with Gasteiger partial charge in [-0.3, -0.25) is 4.79 Å². The molecule has 4 aromatic rings. The smallest absolute Gasteiger partial charge is 0.308 e. The molecule has 0 aliphatic heterocycles. The van der Waals surface area contributed by atoms with Crippen LogP contribution in [0.3, 0.4) is 0 Å². The molecule has 0 saturated heterocycles. The first-order valence-corrected chi connectivity index (χ1v) is 8.22. The Labute approximate surface area is 152 Å². The second kappa shape index (κ2) is 6.42. The van der Waals surface area contributed by atoms with Crippen LogP contribution in [0.2, 0.25) is 0 Å². The first-order valence-electron chi connectivity index (χ1n) is 8.22. The number of rotatable bonds is 3. The van der Waals surface area contributed by atoms with Crippen molar-refractivity contribution in [1.29, 1.82) is 0 Å². The molecule has 7 heteroatoms. The lowest BCUT2D eigenvalue weighted by Crippen LogP contribution is -2.22. The zero-order valence-corrected chi connectivity index (χ0v) is 14.0. The Morgan fingerprint density at radius 1 is 0.926 bits per heavy atom. The van der Waals surface area contributed by atoms with Crippen LogP contribution in [-0.4, -0.2) is 14.2 Å². The predicted octanol–water partition coefficient (Wildman–Crippen LogP) is 4.23. The molecule has 4 nitrogen and oxygen atoms in total. The van der Waals surface area contributed by atoms with Gasteiger partial charge in [0.2, 0.25) is 0 Å². The summed E-state index contributed by atoms with van der Waals surface area (Å²) in [5, 5.41) is 4.39. The molecule has 0 atom stereocenters. The van der Waals surface area contributed by atoms with E-state index in [0.29, 0.717) is 16.8 Å². The van der Waals surface area contributed by atoms with Crippen LogP contribution >= 0.6 is 0 Å². The Hall–Kier alpha value is -3.35. The number of nitrogens with zero attached hydrogens (tertiary/aromatic N) is 3. The van der Waals surface area contributed by atoms with Crippen LogP contribution in [-0.2, 0) is 12.7 Å². The molecule has 2 heterocycles. The summed E-state index contributed by atoms with van der Waals surface area (Å²) in [6, 6.07) is 16.1. The molecule has 4 rings (SSSR count). The van der Waals surface area contributed by atoms with E-state index in [-0.39, 0.29) is 12.1 Å². The number of alkyl halides is 3. The number of hydrogen-bond acceptors (Lipinski definition) is 2. The Balaban J connectivity index is 1.72. The van der Waals surface area contributed by atoms with Crippen molar-refractivity contribution in [3.05, 3.63) is 94.5 Å². The van der Waals surface area contributed by atoms with Crippen molar-refractivity contribution in [2.24, 2.45) is 0 Å². The largest absolute Gasteiger partial charge is 0.416 e. The summed E-state index contributed by atoms with van der Waals surface area (Å²) in [4.78, 5) is 12.7. The highest BCUT2D eigenvalue weighted by Crippen LogP contribution is 2.29. The molecule has 0 unspecified atom stereocenters. The van der Waals surface area contributed by atoms with Crippen molar-refractivity contribution in [2.75, 3.05) is 0 Å². The van der Waals surface area contributed by atoms with Crippen LogP contribution in [0.25, 0.3) is 16.8 Å². The molecule has 0 saturated carbocycles. The lowest BCUT2D eigenvalue weighted by Gasteiger charge is -2.10. The average molecular weight is 369 g/mol. The molecular weight excluding hydrogens is 355 g/mol. The van der Waals surface area contributed by atoms with Gasteiger partial charge in [-0.05, 0) is 23.8 Å². The first kappa shape index (κ1) is 17.1. The minimum Gasteiger partial charge on any atom is -0.308 e. The summed E-state index contributed by atoms with van der Waals surface area (Å²) in [6.07, 6.45) is -1.27. The Morgan fingerprint density at radius 3 is 2.44 bits per heavy atom. The van der Waals surface area contributed by atoms with Gasteiger partial charge in [0, 0.05) is 18.0 Å². The Kier molecular flexibility index (Phi) is 4.07. The van der Waals surface area contributed by atoms with Gasteiger partial charge in [-0.25, -0.2) is 4.52 Å². The Morgan fingerprint density at radius 2 is 1.70 bits per heavy atom. The fourth-order valence-corrected chi connectivity index (χ4v) is 2.94. The lowest BCUT2D eigenvalue weighted by atomic mass is 10.1. The molecule has 2 aromatic carbocycles. The van der Waals surface area contributed by atoms with Crippen LogP contribution in [0, 0.1) is 0 Å². The van der Waals surface area contributed by atoms with Crippen molar-refractivity contribution in [1.82, 2.24) is 14.2 Å². The third-order valence-corrected chi connectivity index (χ3v) is 4.28. The van der Waals surface area contributed by atoms with Crippen LogP contribution in [0.15, 0.2) is 77.9 Å². The van der Waals surface area contributed by atoms with Crippen LogP contribution in [0.4, 0.5) is 13.2 Å². The molecule has 0 amide bonds. The minimum atomic E-state index is -4.42. The number of benzene rings is 2. The van der Waals surface area contributed by atoms with E-state index < -0.39 is 11.7 Å². The summed E-state index contributed by atoms with van der Waals surface area (Å²) in [6.45, 7) is 0.0467. The quantitative estimate of drug-likeness (QED) is 0.542. The molecule has 0 aliphatic rings. The van der Waals surface area contributed by atoms with E-state index in [0.717, 1.165) is 17.7 Å². The maximum atomic E-state index is 12.9. The molecule has 2 aromatic heterocycles. The van der Waals surface area contributed by atoms with Crippen LogP contribution in [0.1, 0.15) is 11.1 Å². The first-order chi connectivity index (χ1) is 12.9. The molecule has 136 valence electrons. The normalized spacial score (nSPS) is 11.8. The molecule has 0 spiro atoms. The summed E-state index contributed by atoms with van der Waals surface area (Å²) < 4.78 is 41.5. The maximum Gasteiger partial charge on any atom is 0.416 e. The number of aromatic nitrogens is 3. The topological polar surface area (TPSA) is 39.3 Å². The standard InChI is InChI=1S/C20H14F3N3O/c21-20(22,23)16-8-4-5-14(11-16)13-25-9-10-26-18(19(25)27)12-17(24-26)15-6-2-1-3-7-15/h1-12H,13H2.